The van der Waals surface area contributed by atoms with Crippen LogP contribution in [0.25, 0.3) is 0 Å². The van der Waals surface area contributed by atoms with Crippen LogP contribution in [0.15, 0.2) is 12.4 Å². The number of nitrogens with one attached hydrogen (secondary N) is 1. The van der Waals surface area contributed by atoms with Gasteiger partial charge in [-0.1, -0.05) is 20.8 Å². The molecule has 2 rings (SSSR count). The number of rotatable bonds is 6. The first-order valence-electron chi connectivity index (χ1n) is 8.53. The maximum Gasteiger partial charge on any atom is 0.222 e. The van der Waals surface area contributed by atoms with Gasteiger partial charge in [-0.05, 0) is 25.2 Å². The van der Waals surface area contributed by atoms with Crippen LogP contribution in [0, 0.1) is 5.92 Å². The number of hydrogen-bond donors (Lipinski definition) is 2. The standard InChI is InChI=1S/C17H28N4O2/c1-4-13-9-16(19-11-18-13)21-7-5-14(6-8-21)20-17(23)10-15(22)12(2)3/h9,11-12,14-15,22H,4-8,10H2,1-3H3,(H,20,23). The highest BCUT2D eigenvalue weighted by molar-refractivity contribution is 5.76. The van der Waals surface area contributed by atoms with Crippen molar-refractivity contribution in [1.29, 1.82) is 0 Å². The molecule has 0 saturated carbocycles. The zero-order valence-corrected chi connectivity index (χ0v) is 14.3. The molecule has 1 saturated heterocycles. The maximum absolute atomic E-state index is 12.0. The molecule has 6 heteroatoms. The molecule has 1 aliphatic rings. The van der Waals surface area contributed by atoms with E-state index in [2.05, 4.69) is 27.1 Å². The smallest absolute Gasteiger partial charge is 0.222 e. The Bertz CT molecular complexity index is 513. The second kappa shape index (κ2) is 8.24. The SMILES string of the molecule is CCc1cc(N2CCC(NC(=O)CC(O)C(C)C)CC2)ncn1. The van der Waals surface area contributed by atoms with Crippen molar-refractivity contribution in [2.45, 2.75) is 58.6 Å². The van der Waals surface area contributed by atoms with Crippen LogP contribution in [0.5, 0.6) is 0 Å². The first kappa shape index (κ1) is 17.7. The molecular weight excluding hydrogens is 292 g/mol. The van der Waals surface area contributed by atoms with E-state index in [4.69, 9.17) is 0 Å². The van der Waals surface area contributed by atoms with Crippen LogP contribution in [-0.2, 0) is 11.2 Å². The summed E-state index contributed by atoms with van der Waals surface area (Å²) in [5, 5.41) is 12.8. The van der Waals surface area contributed by atoms with Crippen molar-refractivity contribution in [1.82, 2.24) is 15.3 Å². The Balaban J connectivity index is 1.80. The van der Waals surface area contributed by atoms with E-state index < -0.39 is 6.10 Å². The van der Waals surface area contributed by atoms with Gasteiger partial charge in [0, 0.05) is 30.9 Å². The van der Waals surface area contributed by atoms with Crippen LogP contribution >= 0.6 is 0 Å². The number of piperidine rings is 1. The number of amides is 1. The maximum atomic E-state index is 12.0. The lowest BCUT2D eigenvalue weighted by Gasteiger charge is -2.33. The molecule has 0 aliphatic carbocycles. The second-order valence-corrected chi connectivity index (χ2v) is 6.57. The molecule has 23 heavy (non-hydrogen) atoms. The Labute approximate surface area is 138 Å². The molecule has 128 valence electrons. The number of aliphatic hydroxyl groups excluding tert-OH is 1. The van der Waals surface area contributed by atoms with Gasteiger partial charge in [-0.2, -0.15) is 0 Å². The Kier molecular flexibility index (Phi) is 6.33. The van der Waals surface area contributed by atoms with Crippen molar-refractivity contribution in [3.05, 3.63) is 18.1 Å². The Morgan fingerprint density at radius 3 is 2.70 bits per heavy atom. The second-order valence-electron chi connectivity index (χ2n) is 6.57. The average molecular weight is 320 g/mol. The molecule has 0 radical (unpaired) electrons. The third kappa shape index (κ3) is 5.16. The monoisotopic (exact) mass is 320 g/mol. The van der Waals surface area contributed by atoms with Gasteiger partial charge in [-0.15, -0.1) is 0 Å². The van der Waals surface area contributed by atoms with Crippen molar-refractivity contribution in [2.75, 3.05) is 18.0 Å². The average Bonchev–Trinajstić information content (AvgIpc) is 2.55. The van der Waals surface area contributed by atoms with Crippen LogP contribution in [0.4, 0.5) is 5.82 Å². The molecule has 2 heterocycles. The fourth-order valence-corrected chi connectivity index (χ4v) is 2.72. The molecular formula is C17H28N4O2. The normalized spacial score (nSPS) is 17.3. The van der Waals surface area contributed by atoms with Gasteiger partial charge < -0.3 is 15.3 Å². The number of carbonyl (C=O) groups excluding carboxylic acids is 1. The Morgan fingerprint density at radius 2 is 2.09 bits per heavy atom. The summed E-state index contributed by atoms with van der Waals surface area (Å²) >= 11 is 0. The summed E-state index contributed by atoms with van der Waals surface area (Å²) in [6.07, 6.45) is 3.94. The molecule has 1 aromatic rings. The predicted molar refractivity (Wildman–Crippen MR) is 90.2 cm³/mol. The van der Waals surface area contributed by atoms with Crippen molar-refractivity contribution in [3.63, 3.8) is 0 Å². The fraction of sp³-hybridized carbons (Fsp3) is 0.706. The van der Waals surface area contributed by atoms with E-state index >= 15 is 0 Å². The lowest BCUT2D eigenvalue weighted by Crippen LogP contribution is -2.45. The molecule has 6 nitrogen and oxygen atoms in total. The van der Waals surface area contributed by atoms with Gasteiger partial charge in [0.1, 0.15) is 12.1 Å². The van der Waals surface area contributed by atoms with E-state index in [9.17, 15) is 9.90 Å². The molecule has 1 aromatic heterocycles. The van der Waals surface area contributed by atoms with Crippen molar-refractivity contribution < 1.29 is 9.90 Å². The molecule has 1 amide bonds. The minimum absolute atomic E-state index is 0.0556. The molecule has 1 atom stereocenters. The predicted octanol–water partition coefficient (Wildman–Crippen LogP) is 1.53. The van der Waals surface area contributed by atoms with Gasteiger partial charge in [-0.25, -0.2) is 9.97 Å². The van der Waals surface area contributed by atoms with Gasteiger partial charge >= 0.3 is 0 Å². The van der Waals surface area contributed by atoms with Gasteiger partial charge in [-0.3, -0.25) is 4.79 Å². The number of aryl methyl sites for hydroxylation is 1. The number of anilines is 1. The zero-order valence-electron chi connectivity index (χ0n) is 14.3. The van der Waals surface area contributed by atoms with E-state index in [1.807, 2.05) is 19.9 Å². The molecule has 1 fully saturated rings. The van der Waals surface area contributed by atoms with E-state index in [1.54, 1.807) is 6.33 Å². The number of hydrogen-bond acceptors (Lipinski definition) is 5. The summed E-state index contributed by atoms with van der Waals surface area (Å²) in [5.74, 6) is 1.02. The van der Waals surface area contributed by atoms with Crippen LogP contribution in [0.2, 0.25) is 0 Å². The van der Waals surface area contributed by atoms with E-state index in [-0.39, 0.29) is 24.3 Å². The minimum Gasteiger partial charge on any atom is -0.392 e. The molecule has 0 aromatic carbocycles. The highest BCUT2D eigenvalue weighted by Gasteiger charge is 2.23. The highest BCUT2D eigenvalue weighted by atomic mass is 16.3. The van der Waals surface area contributed by atoms with E-state index in [0.29, 0.717) is 0 Å². The van der Waals surface area contributed by atoms with Crippen LogP contribution in [-0.4, -0.2) is 46.2 Å². The first-order chi connectivity index (χ1) is 11.0. The summed E-state index contributed by atoms with van der Waals surface area (Å²) in [4.78, 5) is 22.8. The summed E-state index contributed by atoms with van der Waals surface area (Å²) in [6.45, 7) is 7.67. The third-order valence-electron chi connectivity index (χ3n) is 4.42. The molecule has 0 spiro atoms. The van der Waals surface area contributed by atoms with Gasteiger partial charge in [0.05, 0.1) is 12.5 Å². The molecule has 1 unspecified atom stereocenters. The summed E-state index contributed by atoms with van der Waals surface area (Å²) < 4.78 is 0. The number of carbonyl (C=O) groups is 1. The number of nitrogens with zero attached hydrogens (tertiary/aromatic N) is 3. The Morgan fingerprint density at radius 1 is 1.39 bits per heavy atom. The van der Waals surface area contributed by atoms with Gasteiger partial charge in [0.15, 0.2) is 0 Å². The number of aliphatic hydroxyl groups is 1. The topological polar surface area (TPSA) is 78.4 Å². The van der Waals surface area contributed by atoms with Gasteiger partial charge in [0.25, 0.3) is 0 Å². The van der Waals surface area contributed by atoms with Crippen molar-refractivity contribution >= 4 is 11.7 Å². The summed E-state index contributed by atoms with van der Waals surface area (Å²) in [6, 6.07) is 2.23. The van der Waals surface area contributed by atoms with Crippen LogP contribution in [0.1, 0.15) is 45.7 Å². The molecule has 1 aliphatic heterocycles. The largest absolute Gasteiger partial charge is 0.392 e. The van der Waals surface area contributed by atoms with Crippen molar-refractivity contribution in [3.8, 4) is 0 Å². The third-order valence-corrected chi connectivity index (χ3v) is 4.42. The van der Waals surface area contributed by atoms with E-state index in [1.165, 1.54) is 0 Å². The van der Waals surface area contributed by atoms with Crippen LogP contribution in [0.3, 0.4) is 0 Å². The highest BCUT2D eigenvalue weighted by Crippen LogP contribution is 2.18. The molecule has 2 N–H and O–H groups in total. The fourth-order valence-electron chi connectivity index (χ4n) is 2.72. The van der Waals surface area contributed by atoms with Crippen LogP contribution < -0.4 is 10.2 Å². The molecule has 0 bridgehead atoms. The van der Waals surface area contributed by atoms with Gasteiger partial charge in [0.2, 0.25) is 5.91 Å². The van der Waals surface area contributed by atoms with E-state index in [0.717, 1.165) is 43.9 Å². The summed E-state index contributed by atoms with van der Waals surface area (Å²) in [5.41, 5.74) is 1.05. The zero-order chi connectivity index (χ0) is 16.8. The Hall–Kier alpha value is -1.69. The van der Waals surface area contributed by atoms with Crippen molar-refractivity contribution in [2.24, 2.45) is 5.92 Å². The first-order valence-corrected chi connectivity index (χ1v) is 8.53. The lowest BCUT2D eigenvalue weighted by molar-refractivity contribution is -0.124. The number of aromatic nitrogens is 2. The minimum atomic E-state index is -0.566. The summed E-state index contributed by atoms with van der Waals surface area (Å²) in [7, 11) is 0. The lowest BCUT2D eigenvalue weighted by atomic mass is 10.0. The quantitative estimate of drug-likeness (QED) is 0.831.